The maximum Gasteiger partial charge on any atom is 0.112 e. The first kappa shape index (κ1) is 14.1. The number of hydrogen-bond donors (Lipinski definition) is 1. The van der Waals surface area contributed by atoms with Gasteiger partial charge in [0.15, 0.2) is 0 Å². The fourth-order valence-electron chi connectivity index (χ4n) is 2.74. The Bertz CT molecular complexity index is 614. The van der Waals surface area contributed by atoms with Crippen LogP contribution >= 0.6 is 0 Å². The molecular weight excluding hydrogens is 264 g/mol. The molecule has 1 N–H and O–H groups in total. The Morgan fingerprint density at radius 2 is 2.24 bits per heavy atom. The molecule has 1 saturated heterocycles. The summed E-state index contributed by atoms with van der Waals surface area (Å²) < 4.78 is 7.97. The number of ether oxygens (including phenoxy) is 1. The number of hydrogen-bond acceptors (Lipinski definition) is 4. The highest BCUT2D eigenvalue weighted by atomic mass is 16.5. The average Bonchev–Trinajstić information content (AvgIpc) is 2.98. The summed E-state index contributed by atoms with van der Waals surface area (Å²) in [5.74, 6) is 0. The van der Waals surface area contributed by atoms with Crippen LogP contribution in [0, 0.1) is 6.92 Å². The van der Waals surface area contributed by atoms with Gasteiger partial charge in [0.25, 0.3) is 0 Å². The van der Waals surface area contributed by atoms with Crippen molar-refractivity contribution in [3.05, 3.63) is 42.0 Å². The highest BCUT2D eigenvalue weighted by Gasteiger charge is 2.20. The lowest BCUT2D eigenvalue weighted by atomic mass is 10.1. The van der Waals surface area contributed by atoms with Crippen LogP contribution in [0.1, 0.15) is 17.4 Å². The van der Waals surface area contributed by atoms with Crippen LogP contribution in [-0.4, -0.2) is 43.3 Å². The van der Waals surface area contributed by atoms with Crippen molar-refractivity contribution in [2.45, 2.75) is 13.0 Å². The molecule has 5 nitrogen and oxygen atoms in total. The second kappa shape index (κ2) is 5.87. The van der Waals surface area contributed by atoms with E-state index in [0.717, 1.165) is 31.1 Å². The van der Waals surface area contributed by atoms with E-state index in [0.29, 0.717) is 0 Å². The van der Waals surface area contributed by atoms with Gasteiger partial charge in [0.1, 0.15) is 6.10 Å². The Kier molecular flexibility index (Phi) is 3.94. The van der Waals surface area contributed by atoms with Gasteiger partial charge in [-0.1, -0.05) is 6.07 Å². The molecule has 1 aliphatic rings. The molecule has 0 spiro atoms. The molecule has 1 aromatic heterocycles. The van der Waals surface area contributed by atoms with Crippen molar-refractivity contribution in [1.29, 1.82) is 0 Å². The average molecular weight is 286 g/mol. The van der Waals surface area contributed by atoms with Crippen molar-refractivity contribution in [2.75, 3.05) is 38.7 Å². The van der Waals surface area contributed by atoms with Crippen LogP contribution in [0.25, 0.3) is 5.69 Å². The van der Waals surface area contributed by atoms with Gasteiger partial charge in [0, 0.05) is 38.6 Å². The minimum absolute atomic E-state index is 0.0605. The predicted octanol–water partition coefficient (Wildman–Crippen LogP) is 1.91. The van der Waals surface area contributed by atoms with Crippen molar-refractivity contribution in [2.24, 2.45) is 0 Å². The Morgan fingerprint density at radius 1 is 1.38 bits per heavy atom. The topological polar surface area (TPSA) is 42.3 Å². The molecule has 3 rings (SSSR count). The first-order valence-corrected chi connectivity index (χ1v) is 7.29. The third-order valence-electron chi connectivity index (χ3n) is 3.88. The SMILES string of the molecule is Cc1ccc(-n2cncc2C2CNCCO2)cc1N(C)C. The van der Waals surface area contributed by atoms with Crippen LogP contribution in [0.15, 0.2) is 30.7 Å². The lowest BCUT2D eigenvalue weighted by Gasteiger charge is -2.25. The molecule has 21 heavy (non-hydrogen) atoms. The maximum absolute atomic E-state index is 5.85. The Balaban J connectivity index is 1.97. The van der Waals surface area contributed by atoms with Crippen LogP contribution in [0.4, 0.5) is 5.69 Å². The van der Waals surface area contributed by atoms with E-state index in [1.54, 1.807) is 0 Å². The molecule has 1 aliphatic heterocycles. The monoisotopic (exact) mass is 286 g/mol. The van der Waals surface area contributed by atoms with Gasteiger partial charge in [-0.25, -0.2) is 4.98 Å². The maximum atomic E-state index is 5.85. The van der Waals surface area contributed by atoms with Crippen LogP contribution in [-0.2, 0) is 4.74 Å². The molecule has 0 radical (unpaired) electrons. The second-order valence-electron chi connectivity index (χ2n) is 5.62. The molecule has 2 heterocycles. The number of nitrogens with zero attached hydrogens (tertiary/aromatic N) is 3. The summed E-state index contributed by atoms with van der Waals surface area (Å²) in [7, 11) is 4.13. The van der Waals surface area contributed by atoms with E-state index < -0.39 is 0 Å². The molecular formula is C16H22N4O. The van der Waals surface area contributed by atoms with Gasteiger partial charge >= 0.3 is 0 Å². The van der Waals surface area contributed by atoms with E-state index in [1.165, 1.54) is 11.3 Å². The lowest BCUT2D eigenvalue weighted by molar-refractivity contribution is 0.0240. The first-order chi connectivity index (χ1) is 10.2. The number of morpholine rings is 1. The largest absolute Gasteiger partial charge is 0.377 e. The first-order valence-electron chi connectivity index (χ1n) is 7.29. The Morgan fingerprint density at radius 3 is 2.95 bits per heavy atom. The minimum atomic E-state index is 0.0605. The standard InChI is InChI=1S/C16H22N4O/c1-12-4-5-13(8-14(12)19(2)3)20-11-18-9-15(20)16-10-17-6-7-21-16/h4-5,8-9,11,16-17H,6-7,10H2,1-3H3. The Labute approximate surface area is 125 Å². The summed E-state index contributed by atoms with van der Waals surface area (Å²) >= 11 is 0. The zero-order chi connectivity index (χ0) is 14.8. The summed E-state index contributed by atoms with van der Waals surface area (Å²) in [6.07, 6.45) is 3.81. The van der Waals surface area contributed by atoms with Gasteiger partial charge in [0.05, 0.1) is 24.8 Å². The number of anilines is 1. The molecule has 0 aliphatic carbocycles. The second-order valence-corrected chi connectivity index (χ2v) is 5.62. The third kappa shape index (κ3) is 2.80. The molecule has 112 valence electrons. The lowest BCUT2D eigenvalue weighted by Crippen LogP contribution is -2.34. The molecule has 2 aromatic rings. The van der Waals surface area contributed by atoms with Crippen molar-refractivity contribution >= 4 is 5.69 Å². The van der Waals surface area contributed by atoms with Crippen molar-refractivity contribution in [3.63, 3.8) is 0 Å². The van der Waals surface area contributed by atoms with Gasteiger partial charge in [-0.2, -0.15) is 0 Å². The zero-order valence-electron chi connectivity index (χ0n) is 12.8. The number of rotatable bonds is 3. The van der Waals surface area contributed by atoms with Crippen LogP contribution in [0.2, 0.25) is 0 Å². The fourth-order valence-corrected chi connectivity index (χ4v) is 2.74. The van der Waals surface area contributed by atoms with E-state index in [4.69, 9.17) is 4.74 Å². The summed E-state index contributed by atoms with van der Waals surface area (Å²) in [6, 6.07) is 6.47. The zero-order valence-corrected chi connectivity index (χ0v) is 12.8. The molecule has 0 bridgehead atoms. The number of nitrogens with one attached hydrogen (secondary N) is 1. The number of aryl methyl sites for hydroxylation is 1. The van der Waals surface area contributed by atoms with Crippen LogP contribution in [0.5, 0.6) is 0 Å². The molecule has 1 aromatic carbocycles. The van der Waals surface area contributed by atoms with Crippen molar-refractivity contribution < 1.29 is 4.74 Å². The summed E-state index contributed by atoms with van der Waals surface area (Å²) in [5.41, 5.74) is 4.69. The van der Waals surface area contributed by atoms with E-state index >= 15 is 0 Å². The van der Waals surface area contributed by atoms with E-state index in [-0.39, 0.29) is 6.10 Å². The van der Waals surface area contributed by atoms with E-state index in [1.807, 2.05) is 12.5 Å². The van der Waals surface area contributed by atoms with Crippen LogP contribution in [0.3, 0.4) is 0 Å². The predicted molar refractivity (Wildman–Crippen MR) is 84.2 cm³/mol. The van der Waals surface area contributed by atoms with Gasteiger partial charge in [-0.3, -0.25) is 0 Å². The highest BCUT2D eigenvalue weighted by molar-refractivity contribution is 5.58. The van der Waals surface area contributed by atoms with Gasteiger partial charge in [0.2, 0.25) is 0 Å². The minimum Gasteiger partial charge on any atom is -0.377 e. The van der Waals surface area contributed by atoms with E-state index in [9.17, 15) is 0 Å². The number of aromatic nitrogens is 2. The van der Waals surface area contributed by atoms with Gasteiger partial charge in [-0.15, -0.1) is 0 Å². The fraction of sp³-hybridized carbons (Fsp3) is 0.438. The molecule has 1 atom stereocenters. The quantitative estimate of drug-likeness (QED) is 0.936. The van der Waals surface area contributed by atoms with Crippen molar-refractivity contribution in [1.82, 2.24) is 14.9 Å². The summed E-state index contributed by atoms with van der Waals surface area (Å²) in [5, 5.41) is 3.37. The molecule has 1 unspecified atom stereocenters. The molecule has 1 fully saturated rings. The molecule has 5 heteroatoms. The molecule has 0 saturated carbocycles. The van der Waals surface area contributed by atoms with E-state index in [2.05, 4.69) is 59.0 Å². The summed E-state index contributed by atoms with van der Waals surface area (Å²) in [6.45, 7) is 4.62. The molecule has 0 amide bonds. The van der Waals surface area contributed by atoms with Crippen LogP contribution < -0.4 is 10.2 Å². The third-order valence-corrected chi connectivity index (χ3v) is 3.88. The normalized spacial score (nSPS) is 18.7. The smallest absolute Gasteiger partial charge is 0.112 e. The van der Waals surface area contributed by atoms with Gasteiger partial charge < -0.3 is 19.5 Å². The number of imidazole rings is 1. The van der Waals surface area contributed by atoms with Crippen molar-refractivity contribution in [3.8, 4) is 5.69 Å². The van der Waals surface area contributed by atoms with Gasteiger partial charge in [-0.05, 0) is 24.6 Å². The Hall–Kier alpha value is -1.85. The summed E-state index contributed by atoms with van der Waals surface area (Å²) in [4.78, 5) is 6.45. The number of benzene rings is 1. The highest BCUT2D eigenvalue weighted by Crippen LogP contribution is 2.26.